The second-order valence-corrected chi connectivity index (χ2v) is 9.79. The van der Waals surface area contributed by atoms with Gasteiger partial charge in [0.25, 0.3) is 5.91 Å². The molecule has 0 aliphatic carbocycles. The van der Waals surface area contributed by atoms with Crippen LogP contribution in [0.15, 0.2) is 0 Å². The molecule has 31 heavy (non-hydrogen) atoms. The number of amides is 3. The molecule has 0 spiro atoms. The van der Waals surface area contributed by atoms with Gasteiger partial charge in [0.1, 0.15) is 5.60 Å². The lowest BCUT2D eigenvalue weighted by atomic mass is 9.72. The van der Waals surface area contributed by atoms with E-state index < -0.39 is 29.7 Å². The van der Waals surface area contributed by atoms with Gasteiger partial charge in [-0.3, -0.25) is 14.4 Å². The van der Waals surface area contributed by atoms with Crippen LogP contribution in [0.25, 0.3) is 0 Å². The van der Waals surface area contributed by atoms with Crippen molar-refractivity contribution in [2.24, 2.45) is 17.3 Å². The summed E-state index contributed by atoms with van der Waals surface area (Å²) in [4.78, 5) is 52.1. The first-order valence-corrected chi connectivity index (χ1v) is 10.0. The summed E-state index contributed by atoms with van der Waals surface area (Å²) in [6.07, 6.45) is -1.41. The topological polar surface area (TPSA) is 137 Å². The maximum Gasteiger partial charge on any atom is 0.410 e. The van der Waals surface area contributed by atoms with E-state index in [-0.39, 0.29) is 42.9 Å². The average Bonchev–Trinajstić information content (AvgIpc) is 2.47. The summed E-state index contributed by atoms with van der Waals surface area (Å²) < 4.78 is 5.29. The number of hydrogen-bond acceptors (Lipinski definition) is 6. The van der Waals surface area contributed by atoms with Crippen molar-refractivity contribution in [3.63, 3.8) is 0 Å². The molecule has 11 heteroatoms. The number of aliphatic carboxylic acids is 1. The number of hydrogen-bond donors (Lipinski definition) is 2. The van der Waals surface area contributed by atoms with Crippen molar-refractivity contribution in [1.82, 2.24) is 14.9 Å². The Morgan fingerprint density at radius 3 is 1.84 bits per heavy atom. The number of hydroxylamine groups is 2. The first-order valence-electron chi connectivity index (χ1n) is 10.0. The number of carboxylic acid groups (broad SMARTS) is 2. The van der Waals surface area contributed by atoms with Crippen LogP contribution in [0, 0.1) is 17.3 Å². The second kappa shape index (κ2) is 9.71. The largest absolute Gasteiger partial charge is 0.481 e. The van der Waals surface area contributed by atoms with Crippen LogP contribution in [0.2, 0.25) is 0 Å². The average molecular weight is 446 g/mol. The highest BCUT2D eigenvalue weighted by Gasteiger charge is 2.52. The van der Waals surface area contributed by atoms with Crippen LogP contribution in [0.4, 0.5) is 9.59 Å². The zero-order valence-corrected chi connectivity index (χ0v) is 19.5. The molecule has 2 atom stereocenters. The first kappa shape index (κ1) is 26.5. The third-order valence-electron chi connectivity index (χ3n) is 5.03. The molecule has 0 saturated carbocycles. The minimum absolute atomic E-state index is 0.181. The number of carboxylic acids is 1. The van der Waals surface area contributed by atoms with Crippen molar-refractivity contribution in [1.29, 1.82) is 0 Å². The fourth-order valence-electron chi connectivity index (χ4n) is 3.44. The molecule has 0 aromatic rings. The summed E-state index contributed by atoms with van der Waals surface area (Å²) >= 11 is 0. The Hall–Kier alpha value is -2.56. The Balaban J connectivity index is 0.000000327. The van der Waals surface area contributed by atoms with Crippen molar-refractivity contribution in [2.75, 3.05) is 33.8 Å². The molecule has 2 N–H and O–H groups in total. The highest BCUT2D eigenvalue weighted by Crippen LogP contribution is 2.39. The molecular weight excluding hydrogens is 410 g/mol. The number of ether oxygens (including phenoxy) is 1. The first-order chi connectivity index (χ1) is 14.0. The lowest BCUT2D eigenvalue weighted by Gasteiger charge is -2.52. The Bertz CT molecular complexity index is 692. The molecule has 2 fully saturated rings. The number of carbonyl (C=O) groups is 4. The van der Waals surface area contributed by atoms with Gasteiger partial charge in [0.2, 0.25) is 0 Å². The molecule has 178 valence electrons. The minimum atomic E-state index is -0.982. The van der Waals surface area contributed by atoms with Crippen LogP contribution in [-0.4, -0.2) is 94.6 Å². The van der Waals surface area contributed by atoms with E-state index in [9.17, 15) is 19.2 Å². The van der Waals surface area contributed by atoms with Crippen LogP contribution in [0.5, 0.6) is 0 Å². The monoisotopic (exact) mass is 445 g/mol. The van der Waals surface area contributed by atoms with Crippen molar-refractivity contribution in [3.8, 4) is 0 Å². The van der Waals surface area contributed by atoms with Crippen LogP contribution in [0.1, 0.15) is 41.5 Å². The molecule has 2 unspecified atom stereocenters. The molecule has 2 aliphatic heterocycles. The second-order valence-electron chi connectivity index (χ2n) is 9.79. The lowest BCUT2D eigenvalue weighted by molar-refractivity contribution is -0.177. The highest BCUT2D eigenvalue weighted by atomic mass is 16.7. The number of likely N-dealkylation sites (tertiary alicyclic amines) is 2. The minimum Gasteiger partial charge on any atom is -0.481 e. The molecule has 0 aromatic carbocycles. The van der Waals surface area contributed by atoms with E-state index in [0.717, 1.165) is 5.06 Å². The Morgan fingerprint density at radius 2 is 1.48 bits per heavy atom. The van der Waals surface area contributed by atoms with Gasteiger partial charge in [0, 0.05) is 26.7 Å². The van der Waals surface area contributed by atoms with Gasteiger partial charge < -0.3 is 24.7 Å². The van der Waals surface area contributed by atoms with E-state index in [2.05, 4.69) is 4.84 Å². The van der Waals surface area contributed by atoms with Crippen LogP contribution < -0.4 is 0 Å². The fraction of sp³-hybridized carbons (Fsp3) is 0.800. The third kappa shape index (κ3) is 6.98. The van der Waals surface area contributed by atoms with E-state index in [1.54, 1.807) is 20.8 Å². The van der Waals surface area contributed by atoms with Gasteiger partial charge in [-0.2, -0.15) is 0 Å². The van der Waals surface area contributed by atoms with Gasteiger partial charge in [-0.25, -0.2) is 14.7 Å². The zero-order valence-electron chi connectivity index (χ0n) is 19.5. The fourth-order valence-corrected chi connectivity index (χ4v) is 3.44. The summed E-state index contributed by atoms with van der Waals surface area (Å²) in [6.45, 7) is 12.0. The number of rotatable bonds is 3. The molecule has 11 nitrogen and oxygen atoms in total. The van der Waals surface area contributed by atoms with Gasteiger partial charge in [-0.15, -0.1) is 0 Å². The Kier molecular flexibility index (Phi) is 8.30. The van der Waals surface area contributed by atoms with E-state index in [0.29, 0.717) is 0 Å². The quantitative estimate of drug-likeness (QED) is 0.629. The van der Waals surface area contributed by atoms with Gasteiger partial charge >= 0.3 is 18.2 Å². The van der Waals surface area contributed by atoms with Crippen molar-refractivity contribution >= 4 is 24.1 Å². The van der Waals surface area contributed by atoms with Crippen molar-refractivity contribution in [2.45, 2.75) is 53.2 Å². The zero-order chi connectivity index (χ0) is 24.3. The SMILES string of the molecule is CC(C)(C)OC(=O)N1CC(C(=O)O)C1C(C)(C)C.CON(C)C(=O)C1CN(C(=O)O)C1. The van der Waals surface area contributed by atoms with Gasteiger partial charge in [-0.1, -0.05) is 20.8 Å². The Labute approximate surface area is 182 Å². The molecule has 0 aromatic heterocycles. The molecular formula is C20H35N3O8. The Morgan fingerprint density at radius 1 is 0.968 bits per heavy atom. The molecule has 3 amide bonds. The summed E-state index contributed by atoms with van der Waals surface area (Å²) in [5.74, 6) is -1.78. The molecule has 2 aliphatic rings. The van der Waals surface area contributed by atoms with Crippen LogP contribution >= 0.6 is 0 Å². The molecule has 2 saturated heterocycles. The molecule has 2 heterocycles. The van der Waals surface area contributed by atoms with E-state index in [1.165, 1.54) is 24.0 Å². The third-order valence-corrected chi connectivity index (χ3v) is 5.03. The van der Waals surface area contributed by atoms with E-state index in [1.807, 2.05) is 20.8 Å². The maximum atomic E-state index is 12.0. The smallest absolute Gasteiger partial charge is 0.410 e. The predicted octanol–water partition coefficient (Wildman–Crippen LogP) is 1.97. The van der Waals surface area contributed by atoms with Crippen LogP contribution in [0.3, 0.4) is 0 Å². The maximum absolute atomic E-state index is 12.0. The van der Waals surface area contributed by atoms with Gasteiger partial charge in [0.15, 0.2) is 0 Å². The highest BCUT2D eigenvalue weighted by molar-refractivity contribution is 5.81. The van der Waals surface area contributed by atoms with E-state index in [4.69, 9.17) is 14.9 Å². The summed E-state index contributed by atoms with van der Waals surface area (Å²) in [5, 5.41) is 18.7. The lowest BCUT2D eigenvalue weighted by Crippen LogP contribution is -2.66. The van der Waals surface area contributed by atoms with Gasteiger partial charge in [-0.05, 0) is 26.2 Å². The standard InChI is InChI=1S/C13H23NO4.C7H12N2O4/c1-12(2,3)9-8(10(15)16)7-14(9)11(17)18-13(4,5)6;1-8(13-2)6(10)5-3-9(4-5)7(11)12/h8-9H,7H2,1-6H3,(H,15,16);5H,3-4H2,1-2H3,(H,11,12). The summed E-state index contributed by atoms with van der Waals surface area (Å²) in [6, 6.07) is -0.315. The van der Waals surface area contributed by atoms with Gasteiger partial charge in [0.05, 0.1) is 25.0 Å². The number of carbonyl (C=O) groups excluding carboxylic acids is 2. The normalized spacial score (nSPS) is 21.2. The predicted molar refractivity (Wildman–Crippen MR) is 110 cm³/mol. The molecule has 0 radical (unpaired) electrons. The molecule has 0 bridgehead atoms. The number of nitrogens with zero attached hydrogens (tertiary/aromatic N) is 3. The molecule has 2 rings (SSSR count). The van der Waals surface area contributed by atoms with Crippen molar-refractivity contribution in [3.05, 3.63) is 0 Å². The van der Waals surface area contributed by atoms with Crippen molar-refractivity contribution < 1.29 is 39.0 Å². The van der Waals surface area contributed by atoms with Crippen LogP contribution in [-0.2, 0) is 19.2 Å². The summed E-state index contributed by atoms with van der Waals surface area (Å²) in [5.41, 5.74) is -0.841. The van der Waals surface area contributed by atoms with E-state index >= 15 is 0 Å². The summed E-state index contributed by atoms with van der Waals surface area (Å²) in [7, 11) is 2.90.